The molecular formula is C20H20N2O3S. The van der Waals surface area contributed by atoms with Gasteiger partial charge in [-0.25, -0.2) is 4.99 Å². The van der Waals surface area contributed by atoms with E-state index in [0.29, 0.717) is 21.6 Å². The van der Waals surface area contributed by atoms with E-state index in [1.807, 2.05) is 62.4 Å². The molecule has 134 valence electrons. The Labute approximate surface area is 157 Å². The molecule has 0 spiro atoms. The van der Waals surface area contributed by atoms with Gasteiger partial charge in [0.15, 0.2) is 16.7 Å². The highest BCUT2D eigenvalue weighted by molar-refractivity contribution is 8.18. The van der Waals surface area contributed by atoms with Crippen LogP contribution >= 0.6 is 11.8 Å². The van der Waals surface area contributed by atoms with E-state index in [2.05, 4.69) is 10.3 Å². The van der Waals surface area contributed by atoms with Crippen molar-refractivity contribution in [1.82, 2.24) is 5.32 Å². The van der Waals surface area contributed by atoms with Crippen LogP contribution in [0.1, 0.15) is 19.4 Å². The van der Waals surface area contributed by atoms with Crippen molar-refractivity contribution in [2.45, 2.75) is 20.0 Å². The molecule has 0 saturated carbocycles. The van der Waals surface area contributed by atoms with Gasteiger partial charge in [0.05, 0.1) is 23.8 Å². The van der Waals surface area contributed by atoms with E-state index >= 15 is 0 Å². The van der Waals surface area contributed by atoms with E-state index in [1.54, 1.807) is 13.2 Å². The zero-order chi connectivity index (χ0) is 18.5. The Bertz CT molecular complexity index is 861. The topological polar surface area (TPSA) is 59.9 Å². The van der Waals surface area contributed by atoms with Gasteiger partial charge in [-0.3, -0.25) is 4.79 Å². The third-order valence-electron chi connectivity index (χ3n) is 3.51. The number of hydrogen-bond donors (Lipinski definition) is 1. The third kappa shape index (κ3) is 4.26. The van der Waals surface area contributed by atoms with Crippen LogP contribution in [0.3, 0.4) is 0 Å². The minimum absolute atomic E-state index is 0.0105. The first kappa shape index (κ1) is 18.1. The molecule has 5 nitrogen and oxygen atoms in total. The summed E-state index contributed by atoms with van der Waals surface area (Å²) in [4.78, 5) is 17.3. The van der Waals surface area contributed by atoms with E-state index in [1.165, 1.54) is 11.8 Å². The molecule has 0 aliphatic carbocycles. The Kier molecular flexibility index (Phi) is 5.63. The van der Waals surface area contributed by atoms with Gasteiger partial charge in [0.25, 0.3) is 5.91 Å². The lowest BCUT2D eigenvalue weighted by molar-refractivity contribution is -0.115. The summed E-state index contributed by atoms with van der Waals surface area (Å²) < 4.78 is 11.3. The minimum atomic E-state index is -0.178. The van der Waals surface area contributed by atoms with Gasteiger partial charge < -0.3 is 14.8 Å². The monoisotopic (exact) mass is 368 g/mol. The number of methoxy groups -OCH3 is 1. The molecular weight excluding hydrogens is 348 g/mol. The maximum absolute atomic E-state index is 12.3. The molecule has 0 atom stereocenters. The number of carbonyl (C=O) groups is 1. The molecule has 1 saturated heterocycles. The number of ether oxygens (including phenoxy) is 2. The fourth-order valence-electron chi connectivity index (χ4n) is 2.41. The fourth-order valence-corrected chi connectivity index (χ4v) is 3.24. The number of amides is 1. The first-order valence-corrected chi connectivity index (χ1v) is 9.07. The van der Waals surface area contributed by atoms with Crippen molar-refractivity contribution in [3.63, 3.8) is 0 Å². The maximum atomic E-state index is 12.3. The van der Waals surface area contributed by atoms with Crippen molar-refractivity contribution < 1.29 is 14.3 Å². The van der Waals surface area contributed by atoms with Gasteiger partial charge in [-0.2, -0.15) is 0 Å². The number of hydrogen-bond acceptors (Lipinski definition) is 5. The van der Waals surface area contributed by atoms with Crippen molar-refractivity contribution in [1.29, 1.82) is 0 Å². The standard InChI is InChI=1S/C20H20N2O3S/c1-13(2)25-18-14(8-7-11-16(18)24-3)12-17-19(23)22-20(26-17)21-15-9-5-4-6-10-15/h4-13H,1-3H3,(H,21,22,23)/b17-12+. The average Bonchev–Trinajstić information content (AvgIpc) is 2.96. The maximum Gasteiger partial charge on any atom is 0.264 e. The molecule has 3 rings (SSSR count). The smallest absolute Gasteiger partial charge is 0.264 e. The number of rotatable bonds is 5. The van der Waals surface area contributed by atoms with Crippen LogP contribution in [0.2, 0.25) is 0 Å². The van der Waals surface area contributed by atoms with Crippen LogP contribution in [0.25, 0.3) is 6.08 Å². The molecule has 1 amide bonds. The zero-order valence-electron chi connectivity index (χ0n) is 14.9. The van der Waals surface area contributed by atoms with E-state index < -0.39 is 0 Å². The number of thioether (sulfide) groups is 1. The second-order valence-corrected chi connectivity index (χ2v) is 6.89. The first-order valence-electron chi connectivity index (χ1n) is 8.25. The molecule has 6 heteroatoms. The third-order valence-corrected chi connectivity index (χ3v) is 4.42. The molecule has 1 N–H and O–H groups in total. The molecule has 0 bridgehead atoms. The summed E-state index contributed by atoms with van der Waals surface area (Å²) in [7, 11) is 1.60. The van der Waals surface area contributed by atoms with E-state index in [-0.39, 0.29) is 12.0 Å². The predicted molar refractivity (Wildman–Crippen MR) is 106 cm³/mol. The predicted octanol–water partition coefficient (Wildman–Crippen LogP) is 4.37. The number of para-hydroxylation sites is 2. The Hall–Kier alpha value is -2.73. The van der Waals surface area contributed by atoms with Crippen LogP contribution in [-0.2, 0) is 4.79 Å². The summed E-state index contributed by atoms with van der Waals surface area (Å²) in [5, 5.41) is 3.35. The van der Waals surface area contributed by atoms with Crippen molar-refractivity contribution in [2.75, 3.05) is 7.11 Å². The molecule has 26 heavy (non-hydrogen) atoms. The van der Waals surface area contributed by atoms with Crippen LogP contribution < -0.4 is 14.8 Å². The zero-order valence-corrected chi connectivity index (χ0v) is 15.7. The number of amidine groups is 1. The number of aliphatic imine (C=N–C) groups is 1. The van der Waals surface area contributed by atoms with Gasteiger partial charge in [0.1, 0.15) is 0 Å². The summed E-state index contributed by atoms with van der Waals surface area (Å²) in [5.74, 6) is 1.08. The number of nitrogens with one attached hydrogen (secondary N) is 1. The number of benzene rings is 2. The van der Waals surface area contributed by atoms with Crippen LogP contribution in [-0.4, -0.2) is 24.3 Å². The van der Waals surface area contributed by atoms with Crippen LogP contribution in [0.5, 0.6) is 11.5 Å². The van der Waals surface area contributed by atoms with Crippen molar-refractivity contribution in [3.05, 3.63) is 59.0 Å². The summed E-state index contributed by atoms with van der Waals surface area (Å²) >= 11 is 1.30. The molecule has 1 heterocycles. The summed E-state index contributed by atoms with van der Waals surface area (Å²) in [6.45, 7) is 3.90. The van der Waals surface area contributed by atoms with Gasteiger partial charge in [-0.1, -0.05) is 30.3 Å². The van der Waals surface area contributed by atoms with Gasteiger partial charge >= 0.3 is 0 Å². The highest BCUT2D eigenvalue weighted by Gasteiger charge is 2.24. The molecule has 0 radical (unpaired) electrons. The Morgan fingerprint density at radius 3 is 2.58 bits per heavy atom. The molecule has 2 aromatic rings. The van der Waals surface area contributed by atoms with Gasteiger partial charge in [0.2, 0.25) is 0 Å². The van der Waals surface area contributed by atoms with E-state index in [9.17, 15) is 4.79 Å². The Morgan fingerprint density at radius 1 is 1.12 bits per heavy atom. The van der Waals surface area contributed by atoms with Gasteiger partial charge in [-0.15, -0.1) is 0 Å². The highest BCUT2D eigenvalue weighted by Crippen LogP contribution is 2.36. The Balaban J connectivity index is 1.91. The molecule has 1 aliphatic rings. The summed E-state index contributed by atoms with van der Waals surface area (Å²) in [6.07, 6.45) is 1.79. The molecule has 0 aromatic heterocycles. The molecule has 0 unspecified atom stereocenters. The SMILES string of the molecule is COc1cccc(/C=C2/SC(=Nc3ccccc3)NC2=O)c1OC(C)C. The van der Waals surface area contributed by atoms with E-state index in [0.717, 1.165) is 11.3 Å². The lowest BCUT2D eigenvalue weighted by Gasteiger charge is -2.16. The van der Waals surface area contributed by atoms with Crippen LogP contribution in [0, 0.1) is 0 Å². The van der Waals surface area contributed by atoms with Crippen LogP contribution in [0.4, 0.5) is 5.69 Å². The van der Waals surface area contributed by atoms with Crippen molar-refractivity contribution in [2.24, 2.45) is 4.99 Å². The number of nitrogens with zero attached hydrogens (tertiary/aromatic N) is 1. The lowest BCUT2D eigenvalue weighted by atomic mass is 10.1. The second-order valence-electron chi connectivity index (χ2n) is 5.86. The lowest BCUT2D eigenvalue weighted by Crippen LogP contribution is -2.19. The van der Waals surface area contributed by atoms with Gasteiger partial charge in [0, 0.05) is 5.56 Å². The quantitative estimate of drug-likeness (QED) is 0.796. The largest absolute Gasteiger partial charge is 0.493 e. The van der Waals surface area contributed by atoms with Crippen molar-refractivity contribution >= 4 is 34.6 Å². The van der Waals surface area contributed by atoms with E-state index in [4.69, 9.17) is 9.47 Å². The molecule has 2 aromatic carbocycles. The van der Waals surface area contributed by atoms with Crippen LogP contribution in [0.15, 0.2) is 58.4 Å². The minimum Gasteiger partial charge on any atom is -0.493 e. The second kappa shape index (κ2) is 8.10. The first-order chi connectivity index (χ1) is 12.6. The fraction of sp³-hybridized carbons (Fsp3) is 0.200. The molecule has 1 fully saturated rings. The van der Waals surface area contributed by atoms with Crippen molar-refractivity contribution in [3.8, 4) is 11.5 Å². The summed E-state index contributed by atoms with van der Waals surface area (Å²) in [5.41, 5.74) is 1.58. The average molecular weight is 368 g/mol. The molecule has 1 aliphatic heterocycles. The normalized spacial score (nSPS) is 17.0. The summed E-state index contributed by atoms with van der Waals surface area (Å²) in [6, 6.07) is 15.1. The Morgan fingerprint density at radius 2 is 1.88 bits per heavy atom. The van der Waals surface area contributed by atoms with Gasteiger partial charge in [-0.05, 0) is 49.9 Å². The highest BCUT2D eigenvalue weighted by atomic mass is 32.2. The number of carbonyl (C=O) groups excluding carboxylic acids is 1.